The van der Waals surface area contributed by atoms with Gasteiger partial charge in [0.1, 0.15) is 11.8 Å². The zero-order valence-corrected chi connectivity index (χ0v) is 9.88. The highest BCUT2D eigenvalue weighted by Crippen LogP contribution is 2.40. The minimum atomic E-state index is -4.67. The van der Waals surface area contributed by atoms with E-state index in [4.69, 9.17) is 28.9 Å². The maximum absolute atomic E-state index is 12.3. The second kappa shape index (κ2) is 5.31. The van der Waals surface area contributed by atoms with E-state index in [1.54, 1.807) is 0 Å². The Balaban J connectivity index is 0.00000225. The summed E-state index contributed by atoms with van der Waals surface area (Å²) < 4.78 is 36.8. The SMILES string of the molecule is Cl.N[C@@H](c1c(O)cc(Cl)cc1Cl)C(F)(F)F. The summed E-state index contributed by atoms with van der Waals surface area (Å²) in [7, 11) is 0. The molecule has 2 nitrogen and oxygen atoms in total. The fraction of sp³-hybridized carbons (Fsp3) is 0.250. The molecule has 1 aromatic carbocycles. The lowest BCUT2D eigenvalue weighted by molar-refractivity contribution is -0.149. The molecule has 0 aromatic heterocycles. The highest BCUT2D eigenvalue weighted by atomic mass is 35.5. The molecule has 0 aliphatic carbocycles. The summed E-state index contributed by atoms with van der Waals surface area (Å²) >= 11 is 11.0. The normalized spacial score (nSPS) is 13.1. The van der Waals surface area contributed by atoms with Gasteiger partial charge in [-0.15, -0.1) is 12.4 Å². The highest BCUT2D eigenvalue weighted by Gasteiger charge is 2.40. The van der Waals surface area contributed by atoms with Gasteiger partial charge in [0.2, 0.25) is 0 Å². The highest BCUT2D eigenvalue weighted by molar-refractivity contribution is 6.35. The molecule has 0 aliphatic rings. The van der Waals surface area contributed by atoms with Gasteiger partial charge in [0, 0.05) is 10.6 Å². The Hall–Kier alpha value is -0.360. The fourth-order valence-electron chi connectivity index (χ4n) is 1.04. The topological polar surface area (TPSA) is 46.2 Å². The Bertz CT molecular complexity index is 360. The fourth-order valence-corrected chi connectivity index (χ4v) is 1.64. The van der Waals surface area contributed by atoms with Crippen LogP contribution in [0.4, 0.5) is 13.2 Å². The van der Waals surface area contributed by atoms with Gasteiger partial charge in [0.05, 0.1) is 5.02 Å². The summed E-state index contributed by atoms with van der Waals surface area (Å²) in [4.78, 5) is 0. The van der Waals surface area contributed by atoms with E-state index in [1.807, 2.05) is 0 Å². The van der Waals surface area contributed by atoms with E-state index in [1.165, 1.54) is 0 Å². The van der Waals surface area contributed by atoms with E-state index in [-0.39, 0.29) is 22.5 Å². The average Bonchev–Trinajstić information content (AvgIpc) is 1.99. The zero-order chi connectivity index (χ0) is 11.8. The molecule has 0 fully saturated rings. The van der Waals surface area contributed by atoms with Gasteiger partial charge in [-0.2, -0.15) is 13.2 Å². The van der Waals surface area contributed by atoms with E-state index >= 15 is 0 Å². The first kappa shape index (κ1) is 15.6. The maximum Gasteiger partial charge on any atom is 0.407 e. The lowest BCUT2D eigenvalue weighted by Crippen LogP contribution is -2.28. The molecule has 0 unspecified atom stereocenters. The van der Waals surface area contributed by atoms with Crippen LogP contribution in [0, 0.1) is 0 Å². The zero-order valence-electron chi connectivity index (χ0n) is 7.55. The lowest BCUT2D eigenvalue weighted by atomic mass is 10.1. The van der Waals surface area contributed by atoms with Crippen molar-refractivity contribution in [2.45, 2.75) is 12.2 Å². The van der Waals surface area contributed by atoms with E-state index in [0.29, 0.717) is 0 Å². The van der Waals surface area contributed by atoms with Gasteiger partial charge in [0.25, 0.3) is 0 Å². The summed E-state index contributed by atoms with van der Waals surface area (Å²) in [5.74, 6) is -0.669. The number of aromatic hydroxyl groups is 1. The van der Waals surface area contributed by atoms with Crippen molar-refractivity contribution in [1.29, 1.82) is 0 Å². The first-order valence-electron chi connectivity index (χ1n) is 3.73. The van der Waals surface area contributed by atoms with Crippen LogP contribution in [-0.4, -0.2) is 11.3 Å². The third kappa shape index (κ3) is 3.31. The van der Waals surface area contributed by atoms with Gasteiger partial charge in [0.15, 0.2) is 0 Å². The van der Waals surface area contributed by atoms with Crippen LogP contribution in [-0.2, 0) is 0 Å². The second-order valence-electron chi connectivity index (χ2n) is 2.84. The molecular weight excluding hydrogens is 289 g/mol. The monoisotopic (exact) mass is 295 g/mol. The molecule has 3 N–H and O–H groups in total. The molecule has 0 aliphatic heterocycles. The standard InChI is InChI=1S/C8H6Cl2F3NO.ClH/c9-3-1-4(10)6(5(15)2-3)7(14)8(11,12)13;/h1-2,7,15H,14H2;1H/t7-;/m0./s1. The van der Waals surface area contributed by atoms with Crippen molar-refractivity contribution in [3.63, 3.8) is 0 Å². The summed E-state index contributed by atoms with van der Waals surface area (Å²) in [6, 6.07) is -0.291. The predicted octanol–water partition coefficient (Wildman–Crippen LogP) is 3.68. The van der Waals surface area contributed by atoms with Crippen LogP contribution in [0.25, 0.3) is 0 Å². The molecule has 0 bridgehead atoms. The molecule has 8 heteroatoms. The summed E-state index contributed by atoms with van der Waals surface area (Å²) in [6.45, 7) is 0. The minimum Gasteiger partial charge on any atom is -0.507 e. The van der Waals surface area contributed by atoms with Crippen molar-refractivity contribution in [3.8, 4) is 5.75 Å². The summed E-state index contributed by atoms with van der Waals surface area (Å²) in [6.07, 6.45) is -4.67. The Morgan fingerprint density at radius 3 is 2.12 bits per heavy atom. The average molecular weight is 297 g/mol. The molecular formula is C8H7Cl3F3NO. The van der Waals surface area contributed by atoms with Crippen LogP contribution < -0.4 is 5.73 Å². The van der Waals surface area contributed by atoms with Crippen molar-refractivity contribution in [2.24, 2.45) is 5.73 Å². The van der Waals surface area contributed by atoms with Gasteiger partial charge < -0.3 is 10.8 Å². The van der Waals surface area contributed by atoms with E-state index in [0.717, 1.165) is 12.1 Å². The van der Waals surface area contributed by atoms with Crippen LogP contribution in [0.2, 0.25) is 10.0 Å². The van der Waals surface area contributed by atoms with Crippen molar-refractivity contribution in [3.05, 3.63) is 27.7 Å². The molecule has 0 spiro atoms. The van der Waals surface area contributed by atoms with Crippen molar-refractivity contribution in [1.82, 2.24) is 0 Å². The van der Waals surface area contributed by atoms with E-state index in [9.17, 15) is 18.3 Å². The van der Waals surface area contributed by atoms with Gasteiger partial charge in [-0.25, -0.2) is 0 Å². The Morgan fingerprint density at radius 2 is 1.75 bits per heavy atom. The molecule has 1 atom stereocenters. The molecule has 92 valence electrons. The van der Waals surface area contributed by atoms with Gasteiger partial charge >= 0.3 is 6.18 Å². The van der Waals surface area contributed by atoms with E-state index < -0.39 is 23.5 Å². The Morgan fingerprint density at radius 1 is 1.25 bits per heavy atom. The number of phenols is 1. The summed E-state index contributed by atoms with van der Waals surface area (Å²) in [5, 5.41) is 8.98. The Kier molecular flexibility index (Phi) is 5.19. The number of nitrogens with two attached hydrogens (primary N) is 1. The number of alkyl halides is 3. The van der Waals surface area contributed by atoms with Gasteiger partial charge in [-0.3, -0.25) is 0 Å². The molecule has 0 amide bonds. The molecule has 1 rings (SSSR count). The molecule has 0 heterocycles. The number of hydrogen-bond acceptors (Lipinski definition) is 2. The first-order valence-corrected chi connectivity index (χ1v) is 4.49. The number of hydrogen-bond donors (Lipinski definition) is 2. The molecule has 0 saturated carbocycles. The van der Waals surface area contributed by atoms with Crippen LogP contribution in [0.5, 0.6) is 5.75 Å². The smallest absolute Gasteiger partial charge is 0.407 e. The molecule has 0 saturated heterocycles. The third-order valence-electron chi connectivity index (χ3n) is 1.74. The van der Waals surface area contributed by atoms with Crippen molar-refractivity contribution in [2.75, 3.05) is 0 Å². The number of rotatable bonds is 1. The van der Waals surface area contributed by atoms with Crippen LogP contribution >= 0.6 is 35.6 Å². The first-order chi connectivity index (χ1) is 6.73. The lowest BCUT2D eigenvalue weighted by Gasteiger charge is -2.18. The summed E-state index contributed by atoms with van der Waals surface area (Å²) in [5.41, 5.74) is 4.34. The van der Waals surface area contributed by atoms with Crippen molar-refractivity contribution < 1.29 is 18.3 Å². The Labute approximate surface area is 106 Å². The quantitative estimate of drug-likeness (QED) is 0.830. The number of phenolic OH excluding ortho intramolecular Hbond substituents is 1. The second-order valence-corrected chi connectivity index (χ2v) is 3.68. The van der Waals surface area contributed by atoms with Crippen LogP contribution in [0.15, 0.2) is 12.1 Å². The third-order valence-corrected chi connectivity index (χ3v) is 2.27. The predicted molar refractivity (Wildman–Crippen MR) is 58.4 cm³/mol. The molecule has 16 heavy (non-hydrogen) atoms. The minimum absolute atomic E-state index is 0. The van der Waals surface area contributed by atoms with E-state index in [2.05, 4.69) is 0 Å². The maximum atomic E-state index is 12.3. The van der Waals surface area contributed by atoms with Gasteiger partial charge in [-0.1, -0.05) is 23.2 Å². The van der Waals surface area contributed by atoms with Crippen LogP contribution in [0.3, 0.4) is 0 Å². The number of benzene rings is 1. The molecule has 1 aromatic rings. The number of halogens is 6. The van der Waals surface area contributed by atoms with Crippen molar-refractivity contribution >= 4 is 35.6 Å². The van der Waals surface area contributed by atoms with Gasteiger partial charge in [-0.05, 0) is 12.1 Å². The molecule has 0 radical (unpaired) electrons. The largest absolute Gasteiger partial charge is 0.507 e. The van der Waals surface area contributed by atoms with Crippen LogP contribution in [0.1, 0.15) is 11.6 Å².